The number of nitrogens with one attached hydrogen (secondary N) is 1. The molecule has 17 heavy (non-hydrogen) atoms. The lowest BCUT2D eigenvalue weighted by Crippen LogP contribution is -2.25. The first-order chi connectivity index (χ1) is 8.25. The molecule has 0 unspecified atom stereocenters. The molecule has 0 radical (unpaired) electrons. The molecule has 0 fully saturated rings. The van der Waals surface area contributed by atoms with Crippen molar-refractivity contribution in [2.24, 2.45) is 0 Å². The second kappa shape index (κ2) is 5.30. The standard InChI is InChI=1S/C13H14N2O2/c1-10-15-12(9-17-10)13(16)14-8-7-11-5-3-2-4-6-11/h2-6,9H,7-8H2,1H3,(H,14,16). The Labute approximate surface area is 99.7 Å². The van der Waals surface area contributed by atoms with E-state index in [2.05, 4.69) is 10.3 Å². The van der Waals surface area contributed by atoms with Gasteiger partial charge in [0.05, 0.1) is 0 Å². The molecule has 0 spiro atoms. The van der Waals surface area contributed by atoms with Crippen molar-refractivity contribution in [1.29, 1.82) is 0 Å². The third-order valence-corrected chi connectivity index (χ3v) is 2.39. The van der Waals surface area contributed by atoms with Crippen LogP contribution in [0.2, 0.25) is 0 Å². The van der Waals surface area contributed by atoms with Gasteiger partial charge >= 0.3 is 0 Å². The maximum atomic E-state index is 11.6. The summed E-state index contributed by atoms with van der Waals surface area (Å²) in [7, 11) is 0. The molecule has 1 N–H and O–H groups in total. The van der Waals surface area contributed by atoms with E-state index in [0.717, 1.165) is 6.42 Å². The van der Waals surface area contributed by atoms with Crippen LogP contribution in [0.5, 0.6) is 0 Å². The SMILES string of the molecule is Cc1nc(C(=O)NCCc2ccccc2)co1. The Morgan fingerprint density at radius 2 is 2.12 bits per heavy atom. The molecule has 4 nitrogen and oxygen atoms in total. The smallest absolute Gasteiger partial charge is 0.273 e. The van der Waals surface area contributed by atoms with Crippen LogP contribution >= 0.6 is 0 Å². The van der Waals surface area contributed by atoms with E-state index in [9.17, 15) is 4.79 Å². The highest BCUT2D eigenvalue weighted by Crippen LogP contribution is 2.01. The highest BCUT2D eigenvalue weighted by atomic mass is 16.3. The number of aromatic nitrogens is 1. The van der Waals surface area contributed by atoms with Crippen LogP contribution in [0, 0.1) is 6.92 Å². The van der Waals surface area contributed by atoms with Crippen molar-refractivity contribution in [2.75, 3.05) is 6.54 Å². The number of nitrogens with zero attached hydrogens (tertiary/aromatic N) is 1. The van der Waals surface area contributed by atoms with Gasteiger partial charge in [-0.05, 0) is 12.0 Å². The second-order valence-corrected chi connectivity index (χ2v) is 3.74. The molecule has 0 atom stereocenters. The van der Waals surface area contributed by atoms with Crippen LogP contribution in [0.4, 0.5) is 0 Å². The van der Waals surface area contributed by atoms with Crippen molar-refractivity contribution in [2.45, 2.75) is 13.3 Å². The molecule has 4 heteroatoms. The van der Waals surface area contributed by atoms with Crippen LogP contribution in [-0.4, -0.2) is 17.4 Å². The highest BCUT2D eigenvalue weighted by Gasteiger charge is 2.09. The minimum absolute atomic E-state index is 0.196. The van der Waals surface area contributed by atoms with Gasteiger partial charge in [0.2, 0.25) is 0 Å². The first-order valence-corrected chi connectivity index (χ1v) is 5.50. The molecule has 1 aromatic carbocycles. The van der Waals surface area contributed by atoms with Gasteiger partial charge < -0.3 is 9.73 Å². The summed E-state index contributed by atoms with van der Waals surface area (Å²) >= 11 is 0. The summed E-state index contributed by atoms with van der Waals surface area (Å²) in [4.78, 5) is 15.6. The zero-order valence-corrected chi connectivity index (χ0v) is 9.64. The molecule has 0 saturated carbocycles. The summed E-state index contributed by atoms with van der Waals surface area (Å²) in [5, 5.41) is 2.80. The van der Waals surface area contributed by atoms with Crippen LogP contribution in [0.25, 0.3) is 0 Å². The summed E-state index contributed by atoms with van der Waals surface area (Å²) in [6.07, 6.45) is 2.18. The number of rotatable bonds is 4. The van der Waals surface area contributed by atoms with Crippen LogP contribution < -0.4 is 5.32 Å². The quantitative estimate of drug-likeness (QED) is 0.873. The van der Waals surface area contributed by atoms with E-state index in [-0.39, 0.29) is 5.91 Å². The van der Waals surface area contributed by atoms with Crippen molar-refractivity contribution >= 4 is 5.91 Å². The summed E-state index contributed by atoms with van der Waals surface area (Å²) < 4.78 is 4.98. The molecule has 0 bridgehead atoms. The number of benzene rings is 1. The first kappa shape index (κ1) is 11.4. The first-order valence-electron chi connectivity index (χ1n) is 5.50. The Morgan fingerprint density at radius 1 is 1.35 bits per heavy atom. The molecule has 1 amide bonds. The van der Waals surface area contributed by atoms with Gasteiger partial charge in [-0.25, -0.2) is 4.98 Å². The molecule has 0 aliphatic heterocycles. The van der Waals surface area contributed by atoms with Gasteiger partial charge in [0.25, 0.3) is 5.91 Å². The molecule has 0 saturated heterocycles. The van der Waals surface area contributed by atoms with E-state index in [1.807, 2.05) is 30.3 Å². The molecule has 0 aliphatic rings. The number of amides is 1. The van der Waals surface area contributed by atoms with Gasteiger partial charge in [0.1, 0.15) is 6.26 Å². The third-order valence-electron chi connectivity index (χ3n) is 2.39. The van der Waals surface area contributed by atoms with Gasteiger partial charge in [-0.1, -0.05) is 30.3 Å². The van der Waals surface area contributed by atoms with Crippen molar-refractivity contribution in [3.63, 3.8) is 0 Å². The lowest BCUT2D eigenvalue weighted by atomic mass is 10.1. The Morgan fingerprint density at radius 3 is 2.76 bits per heavy atom. The van der Waals surface area contributed by atoms with Crippen LogP contribution in [0.3, 0.4) is 0 Å². The van der Waals surface area contributed by atoms with E-state index < -0.39 is 0 Å². The van der Waals surface area contributed by atoms with Gasteiger partial charge in [0.15, 0.2) is 11.6 Å². The zero-order chi connectivity index (χ0) is 12.1. The number of carbonyl (C=O) groups excluding carboxylic acids is 1. The molecule has 1 aromatic heterocycles. The Balaban J connectivity index is 1.81. The van der Waals surface area contributed by atoms with Crippen LogP contribution in [0.15, 0.2) is 41.0 Å². The van der Waals surface area contributed by atoms with E-state index in [1.165, 1.54) is 11.8 Å². The fraction of sp³-hybridized carbons (Fsp3) is 0.231. The van der Waals surface area contributed by atoms with Gasteiger partial charge in [0, 0.05) is 13.5 Å². The Bertz CT molecular complexity index is 491. The molecule has 2 aromatic rings. The average molecular weight is 230 g/mol. The Kier molecular flexibility index (Phi) is 3.55. The summed E-state index contributed by atoms with van der Waals surface area (Å²) in [5.41, 5.74) is 1.53. The van der Waals surface area contributed by atoms with E-state index in [4.69, 9.17) is 4.42 Å². The number of carbonyl (C=O) groups is 1. The largest absolute Gasteiger partial charge is 0.448 e. The van der Waals surface area contributed by atoms with Crippen LogP contribution in [-0.2, 0) is 6.42 Å². The maximum Gasteiger partial charge on any atom is 0.273 e. The maximum absolute atomic E-state index is 11.6. The third kappa shape index (κ3) is 3.17. The fourth-order valence-corrected chi connectivity index (χ4v) is 1.52. The summed E-state index contributed by atoms with van der Waals surface area (Å²) in [6, 6.07) is 10.0. The number of oxazole rings is 1. The van der Waals surface area contributed by atoms with Gasteiger partial charge in [-0.15, -0.1) is 0 Å². The molecule has 0 aliphatic carbocycles. The normalized spacial score (nSPS) is 10.2. The molecule has 1 heterocycles. The predicted octanol–water partition coefficient (Wildman–Crippen LogP) is 1.96. The van der Waals surface area contributed by atoms with Gasteiger partial charge in [-0.2, -0.15) is 0 Å². The topological polar surface area (TPSA) is 55.1 Å². The van der Waals surface area contributed by atoms with E-state index in [0.29, 0.717) is 18.1 Å². The number of aryl methyl sites for hydroxylation is 1. The average Bonchev–Trinajstić information content (AvgIpc) is 2.77. The molecular weight excluding hydrogens is 216 g/mol. The van der Waals surface area contributed by atoms with E-state index >= 15 is 0 Å². The number of hydrogen-bond donors (Lipinski definition) is 1. The second-order valence-electron chi connectivity index (χ2n) is 3.74. The molecular formula is C13H14N2O2. The highest BCUT2D eigenvalue weighted by molar-refractivity contribution is 5.91. The lowest BCUT2D eigenvalue weighted by molar-refractivity contribution is 0.0949. The number of hydrogen-bond acceptors (Lipinski definition) is 3. The summed E-state index contributed by atoms with van der Waals surface area (Å²) in [5.74, 6) is 0.302. The zero-order valence-electron chi connectivity index (χ0n) is 9.64. The molecule has 88 valence electrons. The molecule has 2 rings (SSSR count). The van der Waals surface area contributed by atoms with Crippen LogP contribution in [0.1, 0.15) is 21.9 Å². The monoisotopic (exact) mass is 230 g/mol. The summed E-state index contributed by atoms with van der Waals surface area (Å²) in [6.45, 7) is 2.30. The predicted molar refractivity (Wildman–Crippen MR) is 63.7 cm³/mol. The van der Waals surface area contributed by atoms with E-state index in [1.54, 1.807) is 6.92 Å². The minimum atomic E-state index is -0.196. The fourth-order valence-electron chi connectivity index (χ4n) is 1.52. The van der Waals surface area contributed by atoms with Gasteiger partial charge in [-0.3, -0.25) is 4.79 Å². The lowest BCUT2D eigenvalue weighted by Gasteiger charge is -2.02. The minimum Gasteiger partial charge on any atom is -0.448 e. The van der Waals surface area contributed by atoms with Crippen molar-refractivity contribution in [3.8, 4) is 0 Å². The van der Waals surface area contributed by atoms with Crippen molar-refractivity contribution < 1.29 is 9.21 Å². The van der Waals surface area contributed by atoms with Crippen molar-refractivity contribution in [3.05, 3.63) is 53.7 Å². The van der Waals surface area contributed by atoms with Crippen molar-refractivity contribution in [1.82, 2.24) is 10.3 Å². The Hall–Kier alpha value is -2.10.